The standard InChI is InChI=1S/C25H25Cl2N3O7S2/c1-36-18-8-10-21(23(14-18)37-2)29(39(34,35)24-6-4-3-5-22(24)30(32)33)15-25(31)28-11-12-38-16-17-7-9-19(26)20(27)13-17/h3-10,13-14H,11-12,15-16H2,1-2H3,(H,28,31). The molecule has 0 aliphatic rings. The number of nitro groups is 1. The van der Waals surface area contributed by atoms with Gasteiger partial charge in [-0.15, -0.1) is 0 Å². The second kappa shape index (κ2) is 13.7. The highest BCUT2D eigenvalue weighted by molar-refractivity contribution is 7.98. The molecule has 14 heteroatoms. The predicted octanol–water partition coefficient (Wildman–Crippen LogP) is 5.16. The summed E-state index contributed by atoms with van der Waals surface area (Å²) in [5, 5.41) is 15.2. The summed E-state index contributed by atoms with van der Waals surface area (Å²) in [5.41, 5.74) is 0.365. The molecule has 0 heterocycles. The van der Waals surface area contributed by atoms with Crippen LogP contribution >= 0.6 is 35.0 Å². The van der Waals surface area contributed by atoms with Crippen LogP contribution in [0, 0.1) is 10.1 Å². The number of hydrogen-bond donors (Lipinski definition) is 1. The van der Waals surface area contributed by atoms with E-state index in [0.29, 0.717) is 27.3 Å². The van der Waals surface area contributed by atoms with Gasteiger partial charge in [-0.25, -0.2) is 8.42 Å². The zero-order valence-electron chi connectivity index (χ0n) is 20.9. The van der Waals surface area contributed by atoms with Crippen LogP contribution < -0.4 is 19.1 Å². The van der Waals surface area contributed by atoms with Crippen molar-refractivity contribution in [3.63, 3.8) is 0 Å². The van der Waals surface area contributed by atoms with Crippen LogP contribution in [-0.2, 0) is 20.6 Å². The fourth-order valence-corrected chi connectivity index (χ4v) is 6.22. The second-order valence-corrected chi connectivity index (χ2v) is 11.7. The molecule has 1 amide bonds. The number of carbonyl (C=O) groups is 1. The van der Waals surface area contributed by atoms with E-state index in [1.54, 1.807) is 12.1 Å². The zero-order valence-corrected chi connectivity index (χ0v) is 24.1. The molecule has 0 aliphatic carbocycles. The number of sulfonamides is 1. The Bertz CT molecular complexity index is 1460. The molecule has 10 nitrogen and oxygen atoms in total. The number of anilines is 1. The number of nitrogens with one attached hydrogen (secondary N) is 1. The average Bonchev–Trinajstić information content (AvgIpc) is 2.93. The van der Waals surface area contributed by atoms with Gasteiger partial charge < -0.3 is 14.8 Å². The minimum atomic E-state index is -4.57. The van der Waals surface area contributed by atoms with Gasteiger partial charge in [-0.1, -0.05) is 41.4 Å². The summed E-state index contributed by atoms with van der Waals surface area (Å²) in [4.78, 5) is 23.1. The topological polar surface area (TPSA) is 128 Å². The smallest absolute Gasteiger partial charge is 0.289 e. The number of rotatable bonds is 13. The van der Waals surface area contributed by atoms with Crippen LogP contribution in [0.1, 0.15) is 5.56 Å². The minimum absolute atomic E-state index is 0.0144. The van der Waals surface area contributed by atoms with Gasteiger partial charge in [0.1, 0.15) is 18.0 Å². The van der Waals surface area contributed by atoms with Crippen LogP contribution in [0.4, 0.5) is 11.4 Å². The number of para-hydroxylation sites is 1. The van der Waals surface area contributed by atoms with Crippen molar-refractivity contribution in [3.8, 4) is 11.5 Å². The number of thioether (sulfide) groups is 1. The Balaban J connectivity index is 1.80. The summed E-state index contributed by atoms with van der Waals surface area (Å²) in [7, 11) is -1.81. The van der Waals surface area contributed by atoms with Gasteiger partial charge in [-0.05, 0) is 35.9 Å². The van der Waals surface area contributed by atoms with Crippen LogP contribution in [0.3, 0.4) is 0 Å². The maximum absolute atomic E-state index is 13.7. The van der Waals surface area contributed by atoms with E-state index >= 15 is 0 Å². The van der Waals surface area contributed by atoms with E-state index in [9.17, 15) is 23.3 Å². The second-order valence-electron chi connectivity index (χ2n) is 7.93. The van der Waals surface area contributed by atoms with Crippen LogP contribution in [0.25, 0.3) is 0 Å². The van der Waals surface area contributed by atoms with Crippen molar-refractivity contribution in [1.29, 1.82) is 0 Å². The lowest BCUT2D eigenvalue weighted by Gasteiger charge is -2.25. The quantitative estimate of drug-likeness (QED) is 0.159. The van der Waals surface area contributed by atoms with Crippen molar-refractivity contribution in [2.75, 3.05) is 37.4 Å². The molecule has 0 atom stereocenters. The molecule has 0 unspecified atom stereocenters. The lowest BCUT2D eigenvalue weighted by Crippen LogP contribution is -2.41. The number of nitro benzene ring substituents is 1. The van der Waals surface area contributed by atoms with Gasteiger partial charge in [0.15, 0.2) is 4.90 Å². The first kappa shape index (κ1) is 30.4. The summed E-state index contributed by atoms with van der Waals surface area (Å²) in [6, 6.07) is 14.6. The largest absolute Gasteiger partial charge is 0.497 e. The normalized spacial score (nSPS) is 11.1. The number of benzene rings is 3. The van der Waals surface area contributed by atoms with Crippen molar-refractivity contribution in [2.24, 2.45) is 0 Å². The van der Waals surface area contributed by atoms with Crippen molar-refractivity contribution in [1.82, 2.24) is 5.32 Å². The molecule has 1 N–H and O–H groups in total. The highest BCUT2D eigenvalue weighted by Gasteiger charge is 2.34. The number of amides is 1. The molecule has 3 aromatic rings. The third-order valence-corrected chi connectivity index (χ3v) is 8.97. The first-order chi connectivity index (χ1) is 18.6. The first-order valence-electron chi connectivity index (χ1n) is 11.3. The Morgan fingerprint density at radius 3 is 2.46 bits per heavy atom. The Hall–Kier alpha value is -3.19. The molecule has 0 aromatic heterocycles. The highest BCUT2D eigenvalue weighted by Crippen LogP contribution is 2.37. The fraction of sp³-hybridized carbons (Fsp3) is 0.240. The fourth-order valence-electron chi connectivity index (χ4n) is 3.50. The summed E-state index contributed by atoms with van der Waals surface area (Å²) in [5.74, 6) is 1.05. The molecule has 39 heavy (non-hydrogen) atoms. The lowest BCUT2D eigenvalue weighted by molar-refractivity contribution is -0.387. The maximum atomic E-state index is 13.7. The summed E-state index contributed by atoms with van der Waals surface area (Å²) in [6.45, 7) is -0.390. The van der Waals surface area contributed by atoms with Crippen LogP contribution in [0.15, 0.2) is 65.6 Å². The molecule has 208 valence electrons. The first-order valence-corrected chi connectivity index (χ1v) is 14.7. The van der Waals surface area contributed by atoms with Gasteiger partial charge in [0.25, 0.3) is 15.7 Å². The lowest BCUT2D eigenvalue weighted by atomic mass is 10.2. The van der Waals surface area contributed by atoms with Gasteiger partial charge in [-0.3, -0.25) is 19.2 Å². The van der Waals surface area contributed by atoms with Crippen molar-refractivity contribution >= 4 is 62.3 Å². The molecular weight excluding hydrogens is 589 g/mol. The molecule has 3 rings (SSSR count). The van der Waals surface area contributed by atoms with E-state index in [0.717, 1.165) is 22.0 Å². The molecule has 0 fully saturated rings. The molecular formula is C25H25Cl2N3O7S2. The maximum Gasteiger partial charge on any atom is 0.289 e. The highest BCUT2D eigenvalue weighted by atomic mass is 35.5. The molecule has 0 bridgehead atoms. The van der Waals surface area contributed by atoms with Gasteiger partial charge in [0, 0.05) is 30.2 Å². The van der Waals surface area contributed by atoms with E-state index in [2.05, 4.69) is 5.32 Å². The van der Waals surface area contributed by atoms with Gasteiger partial charge in [0.2, 0.25) is 5.91 Å². The average molecular weight is 615 g/mol. The van der Waals surface area contributed by atoms with Crippen molar-refractivity contribution in [3.05, 3.63) is 86.4 Å². The van der Waals surface area contributed by atoms with E-state index in [4.69, 9.17) is 32.7 Å². The SMILES string of the molecule is COc1ccc(N(CC(=O)NCCSCc2ccc(Cl)c(Cl)c2)S(=O)(=O)c2ccccc2[N+](=O)[O-])c(OC)c1. The summed E-state index contributed by atoms with van der Waals surface area (Å²) < 4.78 is 38.8. The molecule has 0 saturated heterocycles. The number of nitrogens with zero attached hydrogens (tertiary/aromatic N) is 2. The number of ether oxygens (including phenoxy) is 2. The number of carbonyl (C=O) groups excluding carboxylic acids is 1. The third-order valence-electron chi connectivity index (χ3n) is 5.39. The molecule has 0 radical (unpaired) electrons. The molecule has 0 aliphatic heterocycles. The zero-order chi connectivity index (χ0) is 28.6. The Labute approximate surface area is 240 Å². The van der Waals surface area contributed by atoms with Crippen LogP contribution in [0.5, 0.6) is 11.5 Å². The van der Waals surface area contributed by atoms with Crippen LogP contribution in [-0.4, -0.2) is 52.3 Å². The van der Waals surface area contributed by atoms with E-state index in [1.807, 2.05) is 6.07 Å². The molecule has 0 saturated carbocycles. The number of hydrogen-bond acceptors (Lipinski definition) is 8. The van der Waals surface area contributed by atoms with E-state index in [1.165, 1.54) is 56.3 Å². The Morgan fingerprint density at radius 2 is 1.79 bits per heavy atom. The van der Waals surface area contributed by atoms with E-state index < -0.39 is 38.0 Å². The van der Waals surface area contributed by atoms with Crippen molar-refractivity contribution < 1.29 is 27.6 Å². The number of halogens is 2. The van der Waals surface area contributed by atoms with Gasteiger partial charge in [0.05, 0.1) is 34.9 Å². The van der Waals surface area contributed by atoms with Crippen LogP contribution in [0.2, 0.25) is 10.0 Å². The van der Waals surface area contributed by atoms with Gasteiger partial charge in [-0.2, -0.15) is 11.8 Å². The summed E-state index contributed by atoms with van der Waals surface area (Å²) in [6.07, 6.45) is 0. The molecule has 0 spiro atoms. The monoisotopic (exact) mass is 613 g/mol. The Morgan fingerprint density at radius 1 is 1.05 bits per heavy atom. The number of methoxy groups -OCH3 is 2. The van der Waals surface area contributed by atoms with Crippen molar-refractivity contribution in [2.45, 2.75) is 10.6 Å². The predicted molar refractivity (Wildman–Crippen MR) is 153 cm³/mol. The molecule has 3 aromatic carbocycles. The van der Waals surface area contributed by atoms with Gasteiger partial charge >= 0.3 is 0 Å². The summed E-state index contributed by atoms with van der Waals surface area (Å²) >= 11 is 13.5. The third kappa shape index (κ3) is 7.69. The minimum Gasteiger partial charge on any atom is -0.497 e. The van der Waals surface area contributed by atoms with E-state index in [-0.39, 0.29) is 18.0 Å². The Kier molecular flexibility index (Phi) is 10.7.